The Morgan fingerprint density at radius 3 is 2.43 bits per heavy atom. The van der Waals surface area contributed by atoms with Gasteiger partial charge in [0, 0.05) is 26.2 Å². The lowest BCUT2D eigenvalue weighted by Gasteiger charge is -2.35. The number of hydrogen-bond acceptors (Lipinski definition) is 5. The van der Waals surface area contributed by atoms with Crippen LogP contribution in [0.1, 0.15) is 30.6 Å². The van der Waals surface area contributed by atoms with E-state index in [-0.39, 0.29) is 38.5 Å². The molecule has 0 aromatic heterocycles. The molecule has 1 atom stereocenters. The maximum absolute atomic E-state index is 12.6. The van der Waals surface area contributed by atoms with Crippen LogP contribution in [0.4, 0.5) is 5.69 Å². The maximum Gasteiger partial charge on any atom is 0.254 e. The Kier molecular flexibility index (Phi) is 5.71. The normalized spacial score (nSPS) is 21.0. The van der Waals surface area contributed by atoms with Crippen LogP contribution in [0.5, 0.6) is 0 Å². The van der Waals surface area contributed by atoms with Gasteiger partial charge in [0.1, 0.15) is 6.04 Å². The molecule has 0 spiro atoms. The molecular formula is C18H24N4O5S. The Morgan fingerprint density at radius 2 is 1.79 bits per heavy atom. The van der Waals surface area contributed by atoms with Gasteiger partial charge in [-0.15, -0.1) is 0 Å². The quantitative estimate of drug-likeness (QED) is 0.728. The molecule has 2 N–H and O–H groups in total. The Hall–Kier alpha value is -2.46. The standard InChI is InChI=1S/C18H24N4O5S/c1-12(2)28(26,27)22-9-7-21(8-10-22)16(23)11-15-18(25)19-14-6-4-3-5-13(14)17(24)20-15/h3-6,12,15H,7-11H2,1-2H3,(H,19,25)(H,20,24)/t15-/m0/s1. The topological polar surface area (TPSA) is 116 Å². The third-order valence-electron chi connectivity index (χ3n) is 4.98. The first-order chi connectivity index (χ1) is 13.2. The molecule has 1 aromatic carbocycles. The zero-order valence-corrected chi connectivity index (χ0v) is 16.7. The summed E-state index contributed by atoms with van der Waals surface area (Å²) in [6.45, 7) is 4.21. The summed E-state index contributed by atoms with van der Waals surface area (Å²) in [6.07, 6.45) is -0.178. The molecule has 2 aliphatic heterocycles. The van der Waals surface area contributed by atoms with Gasteiger partial charge >= 0.3 is 0 Å². The van der Waals surface area contributed by atoms with Gasteiger partial charge in [-0.2, -0.15) is 4.31 Å². The Balaban J connectivity index is 1.61. The van der Waals surface area contributed by atoms with E-state index < -0.39 is 33.1 Å². The smallest absolute Gasteiger partial charge is 0.254 e. The Labute approximate surface area is 164 Å². The number of amides is 3. The minimum absolute atomic E-state index is 0.178. The first kappa shape index (κ1) is 20.3. The number of nitrogens with one attached hydrogen (secondary N) is 2. The predicted molar refractivity (Wildman–Crippen MR) is 103 cm³/mol. The second kappa shape index (κ2) is 7.88. The molecule has 10 heteroatoms. The van der Waals surface area contributed by atoms with Gasteiger partial charge in [0.15, 0.2) is 0 Å². The Bertz CT molecular complexity index is 891. The number of piperazine rings is 1. The van der Waals surface area contributed by atoms with Gasteiger partial charge in [-0.3, -0.25) is 14.4 Å². The van der Waals surface area contributed by atoms with Crippen molar-refractivity contribution in [1.82, 2.24) is 14.5 Å². The molecule has 1 fully saturated rings. The van der Waals surface area contributed by atoms with Crippen LogP contribution in [0, 0.1) is 0 Å². The SMILES string of the molecule is CC(C)S(=O)(=O)N1CCN(C(=O)C[C@@H]2NC(=O)c3ccccc3NC2=O)CC1. The molecule has 3 amide bonds. The number of anilines is 1. The average molecular weight is 408 g/mol. The second-order valence-electron chi connectivity index (χ2n) is 7.14. The fourth-order valence-corrected chi connectivity index (χ4v) is 4.52. The van der Waals surface area contributed by atoms with E-state index in [1.807, 2.05) is 0 Å². The van der Waals surface area contributed by atoms with Crippen LogP contribution in [0.2, 0.25) is 0 Å². The molecule has 0 radical (unpaired) electrons. The molecule has 2 aliphatic rings. The van der Waals surface area contributed by atoms with Crippen molar-refractivity contribution in [3.05, 3.63) is 29.8 Å². The van der Waals surface area contributed by atoms with Gasteiger partial charge in [0.25, 0.3) is 5.91 Å². The highest BCUT2D eigenvalue weighted by molar-refractivity contribution is 7.89. The van der Waals surface area contributed by atoms with Crippen molar-refractivity contribution < 1.29 is 22.8 Å². The zero-order valence-electron chi connectivity index (χ0n) is 15.8. The van der Waals surface area contributed by atoms with E-state index in [2.05, 4.69) is 10.6 Å². The van der Waals surface area contributed by atoms with Crippen molar-refractivity contribution in [3.8, 4) is 0 Å². The summed E-state index contributed by atoms with van der Waals surface area (Å²) in [5.74, 6) is -1.17. The number of nitrogens with zero attached hydrogens (tertiary/aromatic N) is 2. The highest BCUT2D eigenvalue weighted by atomic mass is 32.2. The number of para-hydroxylation sites is 1. The molecule has 0 saturated carbocycles. The van der Waals surface area contributed by atoms with Gasteiger partial charge in [-0.05, 0) is 26.0 Å². The molecule has 3 rings (SSSR count). The summed E-state index contributed by atoms with van der Waals surface area (Å²) >= 11 is 0. The van der Waals surface area contributed by atoms with E-state index in [0.717, 1.165) is 0 Å². The van der Waals surface area contributed by atoms with Crippen molar-refractivity contribution in [2.75, 3.05) is 31.5 Å². The molecule has 0 bridgehead atoms. The van der Waals surface area contributed by atoms with Gasteiger partial charge in [0.05, 0.1) is 22.9 Å². The van der Waals surface area contributed by atoms with E-state index in [4.69, 9.17) is 0 Å². The van der Waals surface area contributed by atoms with E-state index in [0.29, 0.717) is 11.3 Å². The summed E-state index contributed by atoms with van der Waals surface area (Å²) in [6, 6.07) is 5.66. The summed E-state index contributed by atoms with van der Waals surface area (Å²) in [4.78, 5) is 38.9. The predicted octanol–water partition coefficient (Wildman–Crippen LogP) is 0.00960. The second-order valence-corrected chi connectivity index (χ2v) is 9.63. The monoisotopic (exact) mass is 408 g/mol. The first-order valence-electron chi connectivity index (χ1n) is 9.17. The number of fused-ring (bicyclic) bond motifs is 1. The van der Waals surface area contributed by atoms with Gasteiger partial charge < -0.3 is 15.5 Å². The molecule has 0 unspecified atom stereocenters. The van der Waals surface area contributed by atoms with Crippen molar-refractivity contribution >= 4 is 33.4 Å². The summed E-state index contributed by atoms with van der Waals surface area (Å²) in [5.41, 5.74) is 0.755. The number of carbonyl (C=O) groups excluding carboxylic acids is 3. The van der Waals surface area contributed by atoms with Gasteiger partial charge in [-0.1, -0.05) is 12.1 Å². The first-order valence-corrected chi connectivity index (χ1v) is 10.7. The number of sulfonamides is 1. The highest BCUT2D eigenvalue weighted by Crippen LogP contribution is 2.19. The minimum Gasteiger partial charge on any atom is -0.340 e. The average Bonchev–Trinajstić information content (AvgIpc) is 2.78. The third-order valence-corrected chi connectivity index (χ3v) is 7.25. The molecule has 152 valence electrons. The highest BCUT2D eigenvalue weighted by Gasteiger charge is 2.34. The molecule has 1 aromatic rings. The van der Waals surface area contributed by atoms with Crippen LogP contribution >= 0.6 is 0 Å². The number of benzene rings is 1. The van der Waals surface area contributed by atoms with E-state index in [1.54, 1.807) is 38.1 Å². The van der Waals surface area contributed by atoms with Crippen molar-refractivity contribution in [2.45, 2.75) is 31.6 Å². The van der Waals surface area contributed by atoms with Crippen molar-refractivity contribution in [3.63, 3.8) is 0 Å². The van der Waals surface area contributed by atoms with Crippen LogP contribution in [0.3, 0.4) is 0 Å². The fraction of sp³-hybridized carbons (Fsp3) is 0.500. The van der Waals surface area contributed by atoms with Crippen molar-refractivity contribution in [2.24, 2.45) is 0 Å². The minimum atomic E-state index is -3.35. The lowest BCUT2D eigenvalue weighted by molar-refractivity contribution is -0.134. The summed E-state index contributed by atoms with van der Waals surface area (Å²) in [5, 5.41) is 4.76. The summed E-state index contributed by atoms with van der Waals surface area (Å²) in [7, 11) is -3.35. The third kappa shape index (κ3) is 4.02. The molecule has 1 saturated heterocycles. The number of carbonyl (C=O) groups is 3. The van der Waals surface area contributed by atoms with Gasteiger partial charge in [-0.25, -0.2) is 8.42 Å². The van der Waals surface area contributed by atoms with Crippen LogP contribution in [0.25, 0.3) is 0 Å². The number of rotatable bonds is 4. The van der Waals surface area contributed by atoms with Crippen LogP contribution in [-0.4, -0.2) is 72.8 Å². The van der Waals surface area contributed by atoms with Crippen LogP contribution in [0.15, 0.2) is 24.3 Å². The summed E-state index contributed by atoms with van der Waals surface area (Å²) < 4.78 is 25.8. The van der Waals surface area contributed by atoms with Crippen molar-refractivity contribution in [1.29, 1.82) is 0 Å². The molecule has 28 heavy (non-hydrogen) atoms. The maximum atomic E-state index is 12.6. The molecule has 9 nitrogen and oxygen atoms in total. The Morgan fingerprint density at radius 1 is 1.14 bits per heavy atom. The molecule has 2 heterocycles. The largest absolute Gasteiger partial charge is 0.340 e. The molecule has 0 aliphatic carbocycles. The van der Waals surface area contributed by atoms with Crippen LogP contribution in [-0.2, 0) is 19.6 Å². The van der Waals surface area contributed by atoms with E-state index >= 15 is 0 Å². The lowest BCUT2D eigenvalue weighted by Crippen LogP contribution is -2.53. The lowest BCUT2D eigenvalue weighted by atomic mass is 10.1. The number of hydrogen-bond donors (Lipinski definition) is 2. The fourth-order valence-electron chi connectivity index (χ4n) is 3.25. The van der Waals surface area contributed by atoms with E-state index in [9.17, 15) is 22.8 Å². The van der Waals surface area contributed by atoms with Crippen LogP contribution < -0.4 is 10.6 Å². The molecular weight excluding hydrogens is 384 g/mol. The zero-order chi connectivity index (χ0) is 20.5. The van der Waals surface area contributed by atoms with Gasteiger partial charge in [0.2, 0.25) is 21.8 Å². The van der Waals surface area contributed by atoms with E-state index in [1.165, 1.54) is 9.21 Å².